The minimum absolute atomic E-state index is 0. The fourth-order valence-corrected chi connectivity index (χ4v) is 2.19. The first-order valence-electron chi connectivity index (χ1n) is 4.14. The van der Waals surface area contributed by atoms with Gasteiger partial charge in [-0.25, -0.2) is 4.98 Å². The molecule has 1 aromatic rings. The molecule has 0 aromatic carbocycles. The Morgan fingerprint density at radius 1 is 1.37 bits per heavy atom. The summed E-state index contributed by atoms with van der Waals surface area (Å²) in [5, 5.41) is 10.3. The van der Waals surface area contributed by atoms with Crippen LogP contribution >= 0.6 is 19.2 Å². The average molecular weight is 333 g/mol. The van der Waals surface area contributed by atoms with E-state index in [1.54, 1.807) is 6.92 Å². The van der Waals surface area contributed by atoms with Crippen LogP contribution in [-0.4, -0.2) is 17.6 Å². The first-order valence-corrected chi connectivity index (χ1v) is 6.41. The van der Waals surface area contributed by atoms with Gasteiger partial charge in [-0.15, -0.1) is 11.3 Å². The summed E-state index contributed by atoms with van der Waals surface area (Å²) in [6.45, 7) is 1.26. The third-order valence-electron chi connectivity index (χ3n) is 1.65. The molecule has 12 heteroatoms. The average Bonchev–Trinajstić information content (AvgIpc) is 2.46. The molecule has 1 rings (SSSR count). The maximum absolute atomic E-state index is 10.5. The van der Waals surface area contributed by atoms with Crippen molar-refractivity contribution in [2.45, 2.75) is 13.3 Å². The van der Waals surface area contributed by atoms with Crippen molar-refractivity contribution in [2.24, 2.45) is 0 Å². The Labute approximate surface area is 180 Å². The maximum atomic E-state index is 10.5. The molecule has 0 atom stereocenters. The Balaban J connectivity index is -0.000000853. The van der Waals surface area contributed by atoms with Crippen molar-refractivity contribution < 1.29 is 117 Å². The molecular weight excluding hydrogens is 326 g/mol. The van der Waals surface area contributed by atoms with Gasteiger partial charge >= 0.3 is 88.7 Å². The molecule has 0 saturated carbocycles. The third-order valence-corrected chi connectivity index (χ3v) is 3.34. The number of aromatic nitrogens is 1. The van der Waals surface area contributed by atoms with E-state index in [1.807, 2.05) is 0 Å². The van der Waals surface area contributed by atoms with E-state index in [9.17, 15) is 24.3 Å². The molecule has 0 aliphatic carbocycles. The number of nitrogens with zero attached hydrogens (tertiary/aromatic N) is 1. The first kappa shape index (κ1) is 26.1. The summed E-state index contributed by atoms with van der Waals surface area (Å²) in [7, 11) is -4.97. The zero-order chi connectivity index (χ0) is 12.3. The number of hydrogen-bond acceptors (Lipinski definition) is 8. The molecule has 19 heavy (non-hydrogen) atoms. The van der Waals surface area contributed by atoms with Crippen LogP contribution in [-0.2, 0) is 15.5 Å². The van der Waals surface area contributed by atoms with Gasteiger partial charge in [-0.3, -0.25) is 0 Å². The molecule has 1 heterocycles. The number of hydrogen-bond donors (Lipinski definition) is 0. The molecule has 0 unspecified atom stereocenters. The third kappa shape index (κ3) is 10.5. The molecule has 0 amide bonds. The summed E-state index contributed by atoms with van der Waals surface area (Å²) < 4.78 is 14.2. The van der Waals surface area contributed by atoms with Crippen molar-refractivity contribution in [2.75, 3.05) is 6.61 Å². The van der Waals surface area contributed by atoms with Crippen LogP contribution in [0.1, 0.15) is 20.4 Å². The fraction of sp³-hybridized carbons (Fsp3) is 0.429. The molecule has 1 aromatic heterocycles. The normalized spacial score (nSPS) is 9.84. The van der Waals surface area contributed by atoms with E-state index in [-0.39, 0.29) is 107 Å². The fourth-order valence-electron chi connectivity index (χ4n) is 0.997. The minimum Gasteiger partial charge on any atom is -0.790 e. The Morgan fingerprint density at radius 2 is 1.89 bits per heavy atom. The number of rotatable bonds is 5. The predicted molar refractivity (Wildman–Crippen MR) is 48.4 cm³/mol. The molecule has 0 aliphatic rings. The topological polar surface area (TPSA) is 125 Å². The largest absolute Gasteiger partial charge is 1.00 e. The zero-order valence-corrected chi connectivity index (χ0v) is 18.9. The summed E-state index contributed by atoms with van der Waals surface area (Å²) in [6.07, 6.45) is 0.116. The van der Waals surface area contributed by atoms with E-state index in [1.165, 1.54) is 0 Å². The van der Waals surface area contributed by atoms with Gasteiger partial charge in [0.05, 0.1) is 20.1 Å². The zero-order valence-electron chi connectivity index (χ0n) is 11.2. The van der Waals surface area contributed by atoms with Crippen molar-refractivity contribution in [3.8, 4) is 0 Å². The summed E-state index contributed by atoms with van der Waals surface area (Å²) in [5.74, 6) is -1.39. The van der Waals surface area contributed by atoms with E-state index < -0.39 is 13.8 Å². The number of aryl methyl sites for hydroxylation is 1. The molecule has 0 fully saturated rings. The second kappa shape index (κ2) is 11.7. The number of carbonyl (C=O) groups is 1. The van der Waals surface area contributed by atoms with Gasteiger partial charge in [0, 0.05) is 11.3 Å². The summed E-state index contributed by atoms with van der Waals surface area (Å²) in [4.78, 5) is 35.0. The van der Waals surface area contributed by atoms with Crippen molar-refractivity contribution in [1.82, 2.24) is 4.98 Å². The van der Waals surface area contributed by atoms with Crippen LogP contribution in [0.2, 0.25) is 0 Å². The van der Waals surface area contributed by atoms with Crippen LogP contribution in [0.15, 0.2) is 0 Å². The number of carboxylic acid groups (broad SMARTS) is 1. The number of carbonyl (C=O) groups excluding carboxylic acids is 1. The van der Waals surface area contributed by atoms with Crippen LogP contribution in [0.5, 0.6) is 0 Å². The smallest absolute Gasteiger partial charge is 0.790 e. The Kier molecular flexibility index (Phi) is 16.1. The number of phosphoric acid groups is 1. The van der Waals surface area contributed by atoms with Crippen LogP contribution < -0.4 is 104 Å². The van der Waals surface area contributed by atoms with Gasteiger partial charge < -0.3 is 28.8 Å². The molecule has 0 aliphatic heterocycles. The molecular formula is C7H7NNa3O6PS. The van der Waals surface area contributed by atoms with Crippen molar-refractivity contribution in [1.29, 1.82) is 0 Å². The Bertz CT molecular complexity index is 450. The molecule has 0 spiro atoms. The quantitative estimate of drug-likeness (QED) is 0.387. The van der Waals surface area contributed by atoms with Crippen LogP contribution in [0, 0.1) is 6.92 Å². The number of carboxylic acids is 1. The molecule has 90 valence electrons. The minimum atomic E-state index is -4.97. The number of thiazole rings is 1. The van der Waals surface area contributed by atoms with E-state index in [0.717, 1.165) is 11.3 Å². The van der Waals surface area contributed by atoms with Crippen LogP contribution in [0.25, 0.3) is 0 Å². The van der Waals surface area contributed by atoms with Gasteiger partial charge in [0.2, 0.25) is 0 Å². The van der Waals surface area contributed by atoms with Crippen molar-refractivity contribution in [3.63, 3.8) is 0 Å². The van der Waals surface area contributed by atoms with Gasteiger partial charge in [0.1, 0.15) is 11.0 Å². The van der Waals surface area contributed by atoms with Crippen molar-refractivity contribution >= 4 is 25.1 Å². The van der Waals surface area contributed by atoms with Crippen LogP contribution in [0.3, 0.4) is 0 Å². The van der Waals surface area contributed by atoms with E-state index in [0.29, 0.717) is 10.6 Å². The number of phosphoric ester groups is 1. The molecule has 0 radical (unpaired) electrons. The molecule has 0 saturated heterocycles. The standard InChI is InChI=1S/C7H10NO6PS.3Na/c1-4-5(2-3-14-15(11,12)13)16-6(8-4)7(9)10;;;/h2-3H2,1H3,(H,9,10)(H2,11,12,13);;;/q;3*+1/p-3. The Hall–Kier alpha value is 2.21. The van der Waals surface area contributed by atoms with Gasteiger partial charge in [0.15, 0.2) is 0 Å². The Morgan fingerprint density at radius 3 is 2.26 bits per heavy atom. The van der Waals surface area contributed by atoms with Gasteiger partial charge in [-0.05, 0) is 6.92 Å². The molecule has 7 nitrogen and oxygen atoms in total. The predicted octanol–water partition coefficient (Wildman–Crippen LogP) is -10.8. The van der Waals surface area contributed by atoms with E-state index in [2.05, 4.69) is 9.51 Å². The maximum Gasteiger partial charge on any atom is 1.00 e. The number of aromatic carboxylic acids is 1. The monoisotopic (exact) mass is 333 g/mol. The second-order valence-corrected chi connectivity index (χ2v) is 5.08. The van der Waals surface area contributed by atoms with E-state index >= 15 is 0 Å². The van der Waals surface area contributed by atoms with Crippen molar-refractivity contribution in [3.05, 3.63) is 15.6 Å². The second-order valence-electron chi connectivity index (χ2n) is 2.85. The summed E-state index contributed by atoms with van der Waals surface area (Å²) >= 11 is 0.871. The summed E-state index contributed by atoms with van der Waals surface area (Å²) in [6, 6.07) is 0. The van der Waals surface area contributed by atoms with Gasteiger partial charge in [0.25, 0.3) is 0 Å². The van der Waals surface area contributed by atoms with Gasteiger partial charge in [-0.2, -0.15) is 0 Å². The first-order chi connectivity index (χ1) is 7.29. The summed E-state index contributed by atoms with van der Waals surface area (Å²) in [5.41, 5.74) is 0.458. The molecule has 0 N–H and O–H groups in total. The van der Waals surface area contributed by atoms with Crippen LogP contribution in [0.4, 0.5) is 0 Å². The van der Waals surface area contributed by atoms with Gasteiger partial charge in [-0.1, -0.05) is 0 Å². The molecule has 0 bridgehead atoms. The van der Waals surface area contributed by atoms with E-state index in [4.69, 9.17) is 0 Å². The SMILES string of the molecule is Cc1nc(C(=O)[O-])sc1CCOP(=O)([O-])[O-].[Na+].[Na+].[Na+].